The second-order valence-corrected chi connectivity index (χ2v) is 6.83. The number of rotatable bonds is 11. The number of amides is 1. The molecule has 0 bridgehead atoms. The summed E-state index contributed by atoms with van der Waals surface area (Å²) in [6, 6.07) is 11.2. The standard InChI is InChI=1S/C22H33N5O2.HI/c1-4-17(5-2)20-15-19(29-27-20)16-26-22(23-6-3)25-14-10-13-24-21(28)18-11-8-7-9-12-18;/h7-9,11-12,15,17H,4-6,10,13-14,16H2,1-3H3,(H,24,28)(H2,23,25,26);1H. The number of guanidine groups is 1. The van der Waals surface area contributed by atoms with Crippen molar-refractivity contribution in [2.75, 3.05) is 19.6 Å². The van der Waals surface area contributed by atoms with Gasteiger partial charge in [-0.15, -0.1) is 24.0 Å². The molecule has 2 rings (SSSR count). The van der Waals surface area contributed by atoms with Gasteiger partial charge in [0.1, 0.15) is 6.54 Å². The van der Waals surface area contributed by atoms with Crippen molar-refractivity contribution in [1.29, 1.82) is 0 Å². The lowest BCUT2D eigenvalue weighted by atomic mass is 9.99. The Balaban J connectivity index is 0.00000450. The summed E-state index contributed by atoms with van der Waals surface area (Å²) in [5.41, 5.74) is 1.68. The number of halogens is 1. The fourth-order valence-electron chi connectivity index (χ4n) is 2.99. The summed E-state index contributed by atoms with van der Waals surface area (Å²) in [5.74, 6) is 1.88. The van der Waals surface area contributed by atoms with Crippen molar-refractivity contribution in [2.24, 2.45) is 4.99 Å². The van der Waals surface area contributed by atoms with E-state index in [1.165, 1.54) is 0 Å². The van der Waals surface area contributed by atoms with Crippen LogP contribution in [0.5, 0.6) is 0 Å². The highest BCUT2D eigenvalue weighted by molar-refractivity contribution is 14.0. The first kappa shape index (κ1) is 25.9. The van der Waals surface area contributed by atoms with Crippen LogP contribution in [0.15, 0.2) is 45.9 Å². The Morgan fingerprint density at radius 3 is 2.43 bits per heavy atom. The van der Waals surface area contributed by atoms with Crippen LogP contribution < -0.4 is 16.0 Å². The van der Waals surface area contributed by atoms with Gasteiger partial charge in [-0.3, -0.25) is 4.79 Å². The molecule has 1 aromatic carbocycles. The third-order valence-corrected chi connectivity index (χ3v) is 4.69. The monoisotopic (exact) mass is 527 g/mol. The number of aromatic nitrogens is 1. The average molecular weight is 527 g/mol. The lowest BCUT2D eigenvalue weighted by Crippen LogP contribution is -2.38. The first-order chi connectivity index (χ1) is 14.2. The van der Waals surface area contributed by atoms with Gasteiger partial charge in [0.05, 0.1) is 5.69 Å². The molecule has 0 aliphatic carbocycles. The Hall–Kier alpha value is -2.10. The maximum Gasteiger partial charge on any atom is 0.251 e. The molecule has 0 aliphatic heterocycles. The normalized spacial score (nSPS) is 11.1. The molecule has 0 spiro atoms. The van der Waals surface area contributed by atoms with Crippen LogP contribution in [0.2, 0.25) is 0 Å². The van der Waals surface area contributed by atoms with E-state index in [2.05, 4.69) is 39.9 Å². The second-order valence-electron chi connectivity index (χ2n) is 6.83. The van der Waals surface area contributed by atoms with Crippen molar-refractivity contribution in [2.45, 2.75) is 52.5 Å². The summed E-state index contributed by atoms with van der Waals surface area (Å²) in [7, 11) is 0. The molecule has 2 aromatic rings. The number of hydrogen-bond donors (Lipinski definition) is 3. The number of nitrogens with zero attached hydrogens (tertiary/aromatic N) is 2. The summed E-state index contributed by atoms with van der Waals surface area (Å²) in [6.07, 6.45) is 2.90. The molecule has 3 N–H and O–H groups in total. The molecular formula is C22H34IN5O2. The zero-order valence-corrected chi connectivity index (χ0v) is 20.4. The number of aliphatic imine (C=N–C) groups is 1. The van der Waals surface area contributed by atoms with Crippen LogP contribution in [0, 0.1) is 0 Å². The van der Waals surface area contributed by atoms with Crippen LogP contribution in [-0.4, -0.2) is 36.7 Å². The van der Waals surface area contributed by atoms with Crippen LogP contribution in [0.1, 0.15) is 67.8 Å². The van der Waals surface area contributed by atoms with Crippen LogP contribution in [0.4, 0.5) is 0 Å². The fraction of sp³-hybridized carbons (Fsp3) is 0.500. The maximum absolute atomic E-state index is 12.0. The average Bonchev–Trinajstić information content (AvgIpc) is 3.22. The summed E-state index contributed by atoms with van der Waals surface area (Å²) in [5, 5.41) is 13.6. The molecule has 30 heavy (non-hydrogen) atoms. The topological polar surface area (TPSA) is 91.6 Å². The Kier molecular flexibility index (Phi) is 12.8. The third-order valence-electron chi connectivity index (χ3n) is 4.69. The van der Waals surface area contributed by atoms with E-state index in [0.29, 0.717) is 31.1 Å². The number of benzene rings is 1. The van der Waals surface area contributed by atoms with Gasteiger partial charge < -0.3 is 20.5 Å². The molecule has 1 heterocycles. The molecule has 8 heteroatoms. The van der Waals surface area contributed by atoms with Crippen molar-refractivity contribution in [1.82, 2.24) is 21.1 Å². The predicted molar refractivity (Wildman–Crippen MR) is 131 cm³/mol. The number of carbonyl (C=O) groups excluding carboxylic acids is 1. The van der Waals surface area contributed by atoms with Crippen LogP contribution >= 0.6 is 24.0 Å². The molecule has 0 atom stereocenters. The van der Waals surface area contributed by atoms with Gasteiger partial charge in [-0.2, -0.15) is 0 Å². The third kappa shape index (κ3) is 8.73. The smallest absolute Gasteiger partial charge is 0.251 e. The Bertz CT molecular complexity index is 760. The molecule has 166 valence electrons. The molecule has 0 aliphatic rings. The van der Waals surface area contributed by atoms with Gasteiger partial charge in [0, 0.05) is 37.2 Å². The summed E-state index contributed by atoms with van der Waals surface area (Å²) < 4.78 is 5.43. The molecule has 0 saturated carbocycles. The second kappa shape index (κ2) is 14.8. The Morgan fingerprint density at radius 2 is 1.77 bits per heavy atom. The predicted octanol–water partition coefficient (Wildman–Crippen LogP) is 4.07. The highest BCUT2D eigenvalue weighted by Crippen LogP contribution is 2.22. The number of carbonyl (C=O) groups is 1. The van der Waals surface area contributed by atoms with Gasteiger partial charge in [0.25, 0.3) is 5.91 Å². The minimum absolute atomic E-state index is 0. The summed E-state index contributed by atoms with van der Waals surface area (Å²) in [4.78, 5) is 16.6. The minimum atomic E-state index is -0.0511. The van der Waals surface area contributed by atoms with E-state index in [1.807, 2.05) is 43.3 Å². The van der Waals surface area contributed by atoms with Crippen molar-refractivity contribution in [3.63, 3.8) is 0 Å². The Morgan fingerprint density at radius 1 is 1.07 bits per heavy atom. The van der Waals surface area contributed by atoms with E-state index in [1.54, 1.807) is 0 Å². The van der Waals surface area contributed by atoms with Crippen molar-refractivity contribution in [3.05, 3.63) is 53.4 Å². The van der Waals surface area contributed by atoms with E-state index in [0.717, 1.165) is 43.2 Å². The molecular weight excluding hydrogens is 493 g/mol. The molecule has 0 fully saturated rings. The lowest BCUT2D eigenvalue weighted by Gasteiger charge is -2.11. The minimum Gasteiger partial charge on any atom is -0.359 e. The van der Waals surface area contributed by atoms with E-state index >= 15 is 0 Å². The van der Waals surface area contributed by atoms with Gasteiger partial charge >= 0.3 is 0 Å². The van der Waals surface area contributed by atoms with Crippen LogP contribution in [0.3, 0.4) is 0 Å². The van der Waals surface area contributed by atoms with E-state index in [9.17, 15) is 4.79 Å². The van der Waals surface area contributed by atoms with Gasteiger partial charge in [-0.1, -0.05) is 37.2 Å². The van der Waals surface area contributed by atoms with E-state index in [-0.39, 0.29) is 29.9 Å². The molecule has 0 unspecified atom stereocenters. The van der Waals surface area contributed by atoms with Gasteiger partial charge in [-0.05, 0) is 38.3 Å². The van der Waals surface area contributed by atoms with Crippen molar-refractivity contribution < 1.29 is 9.32 Å². The molecule has 0 saturated heterocycles. The first-order valence-electron chi connectivity index (χ1n) is 10.5. The lowest BCUT2D eigenvalue weighted by molar-refractivity contribution is 0.0953. The molecule has 1 amide bonds. The van der Waals surface area contributed by atoms with Gasteiger partial charge in [0.2, 0.25) is 0 Å². The highest BCUT2D eigenvalue weighted by Gasteiger charge is 2.12. The van der Waals surface area contributed by atoms with Gasteiger partial charge in [-0.25, -0.2) is 4.99 Å². The highest BCUT2D eigenvalue weighted by atomic mass is 127. The number of hydrogen-bond acceptors (Lipinski definition) is 4. The molecule has 0 radical (unpaired) electrons. The summed E-state index contributed by atoms with van der Waals surface area (Å²) >= 11 is 0. The zero-order chi connectivity index (χ0) is 20.9. The van der Waals surface area contributed by atoms with E-state index in [4.69, 9.17) is 4.52 Å². The van der Waals surface area contributed by atoms with Crippen molar-refractivity contribution in [3.8, 4) is 0 Å². The fourth-order valence-corrected chi connectivity index (χ4v) is 2.99. The molecule has 7 nitrogen and oxygen atoms in total. The first-order valence-corrected chi connectivity index (χ1v) is 10.5. The summed E-state index contributed by atoms with van der Waals surface area (Å²) in [6.45, 7) is 8.86. The molecule has 1 aromatic heterocycles. The van der Waals surface area contributed by atoms with Crippen LogP contribution in [-0.2, 0) is 6.54 Å². The quantitative estimate of drug-likeness (QED) is 0.177. The van der Waals surface area contributed by atoms with Gasteiger partial charge in [0.15, 0.2) is 11.7 Å². The largest absolute Gasteiger partial charge is 0.359 e. The van der Waals surface area contributed by atoms with Crippen LogP contribution in [0.25, 0.3) is 0 Å². The van der Waals surface area contributed by atoms with E-state index < -0.39 is 0 Å². The van der Waals surface area contributed by atoms with Crippen molar-refractivity contribution >= 4 is 35.8 Å². The number of nitrogens with one attached hydrogen (secondary N) is 3. The maximum atomic E-state index is 12.0. The zero-order valence-electron chi connectivity index (χ0n) is 18.1. The Labute approximate surface area is 196 Å². The SMILES string of the molecule is CCNC(=NCc1cc(C(CC)CC)no1)NCCCNC(=O)c1ccccc1.I.